The van der Waals surface area contributed by atoms with Gasteiger partial charge in [0.2, 0.25) is 6.29 Å². The molecule has 4 heteroatoms. The Morgan fingerprint density at radius 1 is 1.22 bits per heavy atom. The van der Waals surface area contributed by atoms with E-state index in [0.717, 1.165) is 12.8 Å². The lowest BCUT2D eigenvalue weighted by molar-refractivity contribution is -0.120. The van der Waals surface area contributed by atoms with Gasteiger partial charge in [-0.2, -0.15) is 0 Å². The van der Waals surface area contributed by atoms with Crippen molar-refractivity contribution in [3.8, 4) is 0 Å². The van der Waals surface area contributed by atoms with Crippen LogP contribution in [0.1, 0.15) is 30.7 Å². The predicted molar refractivity (Wildman–Crippen MR) is 70.8 cm³/mol. The highest BCUT2D eigenvalue weighted by Crippen LogP contribution is 2.17. The summed E-state index contributed by atoms with van der Waals surface area (Å²) in [4.78, 5) is 23.0. The number of carbonyl (C=O) groups excluding carboxylic acids is 2. The Hall–Kier alpha value is -1.52. The highest BCUT2D eigenvalue weighted by molar-refractivity contribution is 6.02. The van der Waals surface area contributed by atoms with Crippen LogP contribution in [0.4, 0.5) is 0 Å². The zero-order valence-electron chi connectivity index (χ0n) is 10.3. The van der Waals surface area contributed by atoms with Gasteiger partial charge < -0.3 is 11.5 Å². The van der Waals surface area contributed by atoms with E-state index in [1.54, 1.807) is 30.6 Å². The fraction of sp³-hybridized carbons (Fsp3) is 0.429. The summed E-state index contributed by atoms with van der Waals surface area (Å²) in [6.07, 6.45) is 3.97. The number of hydrogen-bond donors (Lipinski definition) is 2. The molecule has 4 N–H and O–H groups in total. The third kappa shape index (κ3) is 4.05. The lowest BCUT2D eigenvalue weighted by Crippen LogP contribution is -2.35. The minimum atomic E-state index is -0.876. The molecule has 1 aromatic carbocycles. The van der Waals surface area contributed by atoms with Crippen molar-refractivity contribution in [2.24, 2.45) is 11.5 Å². The van der Waals surface area contributed by atoms with Crippen LogP contribution in [0, 0.1) is 0 Å². The Bertz CT molecular complexity index is 379. The molecule has 0 saturated carbocycles. The van der Waals surface area contributed by atoms with Crippen molar-refractivity contribution in [3.63, 3.8) is 0 Å². The number of rotatable bonds is 8. The first-order valence-electron chi connectivity index (χ1n) is 6.12. The Morgan fingerprint density at radius 3 is 2.44 bits per heavy atom. The summed E-state index contributed by atoms with van der Waals surface area (Å²) in [6, 6.07) is 8.25. The van der Waals surface area contributed by atoms with Crippen molar-refractivity contribution < 1.29 is 9.59 Å². The van der Waals surface area contributed by atoms with Crippen LogP contribution < -0.4 is 11.5 Å². The smallest absolute Gasteiger partial charge is 0.214 e. The molecule has 0 aliphatic rings. The van der Waals surface area contributed by atoms with E-state index >= 15 is 0 Å². The Morgan fingerprint density at radius 2 is 1.89 bits per heavy atom. The average molecular weight is 247 g/mol. The van der Waals surface area contributed by atoms with Gasteiger partial charge in [0.05, 0.1) is 6.04 Å². The van der Waals surface area contributed by atoms with Crippen LogP contribution in [-0.4, -0.2) is 24.7 Å². The average Bonchev–Trinajstić information content (AvgIpc) is 2.41. The normalized spacial score (nSPS) is 13.9. The van der Waals surface area contributed by atoms with Crippen molar-refractivity contribution >= 4 is 12.1 Å². The predicted octanol–water partition coefficient (Wildman–Crippen LogP) is 0.905. The maximum atomic E-state index is 12.1. The van der Waals surface area contributed by atoms with E-state index in [1.807, 2.05) is 6.07 Å². The lowest BCUT2D eigenvalue weighted by Gasteiger charge is -2.15. The number of hydrogen-bond acceptors (Lipinski definition) is 4. The molecule has 0 aromatic heterocycles. The van der Waals surface area contributed by atoms with Gasteiger partial charge in [-0.3, -0.25) is 9.59 Å². The summed E-state index contributed by atoms with van der Waals surface area (Å²) in [6.45, 7) is 0.586. The van der Waals surface area contributed by atoms with Gasteiger partial charge in [0.15, 0.2) is 5.78 Å². The second-order valence-corrected chi connectivity index (χ2v) is 4.25. The molecule has 18 heavy (non-hydrogen) atoms. The van der Waals surface area contributed by atoms with Gasteiger partial charge >= 0.3 is 0 Å². The molecule has 0 heterocycles. The fourth-order valence-corrected chi connectivity index (χ4v) is 1.80. The molecular formula is C14H19N2O2. The Labute approximate surface area is 107 Å². The molecule has 1 aromatic rings. The van der Waals surface area contributed by atoms with Crippen molar-refractivity contribution in [1.82, 2.24) is 0 Å². The van der Waals surface area contributed by atoms with Crippen molar-refractivity contribution in [1.29, 1.82) is 0 Å². The van der Waals surface area contributed by atoms with Crippen LogP contribution in [-0.2, 0) is 9.59 Å². The maximum absolute atomic E-state index is 12.1. The lowest BCUT2D eigenvalue weighted by atomic mass is 9.90. The highest BCUT2D eigenvalue weighted by Gasteiger charge is 2.25. The third-order valence-electron chi connectivity index (χ3n) is 2.87. The molecule has 0 bridgehead atoms. The van der Waals surface area contributed by atoms with E-state index in [1.165, 1.54) is 0 Å². The molecule has 0 saturated heterocycles. The number of unbranched alkanes of at least 4 members (excludes halogenated alkanes) is 1. The van der Waals surface area contributed by atoms with Crippen LogP contribution >= 0.6 is 0 Å². The van der Waals surface area contributed by atoms with Crippen LogP contribution in [0.5, 0.6) is 0 Å². The fourth-order valence-electron chi connectivity index (χ4n) is 1.80. The first-order valence-corrected chi connectivity index (χ1v) is 6.12. The Balaban J connectivity index is 2.65. The van der Waals surface area contributed by atoms with Gasteiger partial charge in [-0.25, -0.2) is 0 Å². The number of carbonyl (C=O) groups is 1. The molecule has 0 aliphatic carbocycles. The first-order chi connectivity index (χ1) is 8.70. The van der Waals surface area contributed by atoms with Gasteiger partial charge in [0, 0.05) is 0 Å². The number of nitrogens with two attached hydrogens (primary N) is 2. The van der Waals surface area contributed by atoms with E-state index < -0.39 is 12.0 Å². The maximum Gasteiger partial charge on any atom is 0.214 e. The number of benzene rings is 1. The molecule has 0 amide bonds. The molecular weight excluding hydrogens is 228 g/mol. The van der Waals surface area contributed by atoms with Crippen LogP contribution in [0.3, 0.4) is 0 Å². The Kier molecular flexibility index (Phi) is 6.25. The minimum Gasteiger partial charge on any atom is -0.330 e. The molecule has 4 nitrogen and oxygen atoms in total. The van der Waals surface area contributed by atoms with E-state index in [4.69, 9.17) is 11.5 Å². The summed E-state index contributed by atoms with van der Waals surface area (Å²) in [5.41, 5.74) is 11.8. The second-order valence-electron chi connectivity index (χ2n) is 4.25. The van der Waals surface area contributed by atoms with Crippen molar-refractivity contribution in [3.05, 3.63) is 35.9 Å². The summed E-state index contributed by atoms with van der Waals surface area (Å²) in [5, 5.41) is 0. The topological polar surface area (TPSA) is 86.2 Å². The first kappa shape index (κ1) is 14.5. The number of Topliss-reactive ketones (excluding diaryl/α,β-unsaturated/α-hetero) is 1. The second kappa shape index (κ2) is 7.74. The molecule has 0 fully saturated rings. The standard InChI is InChI=1S/C14H19N2O2/c15-9-5-4-8-13(16)14(18)12(10-17)11-6-2-1-3-7-11/h1-3,6-7,12-13H,4-5,8-9,15-16H2/t12?,13-/m1/s1. The molecule has 2 atom stereocenters. The van der Waals surface area contributed by atoms with E-state index in [2.05, 4.69) is 0 Å². The van der Waals surface area contributed by atoms with Gasteiger partial charge in [0.25, 0.3) is 0 Å². The van der Waals surface area contributed by atoms with E-state index in [9.17, 15) is 9.59 Å². The van der Waals surface area contributed by atoms with Gasteiger partial charge in [-0.1, -0.05) is 36.8 Å². The largest absolute Gasteiger partial charge is 0.330 e. The summed E-state index contributed by atoms with van der Waals surface area (Å²) in [7, 11) is 0. The van der Waals surface area contributed by atoms with E-state index in [0.29, 0.717) is 18.5 Å². The number of ketones is 1. The van der Waals surface area contributed by atoms with Gasteiger partial charge in [-0.15, -0.1) is 0 Å². The SMILES string of the molecule is NCCCC[C@@H](N)C(=O)C([C]=O)c1ccccc1. The molecule has 1 rings (SSSR count). The molecule has 1 unspecified atom stereocenters. The zero-order chi connectivity index (χ0) is 13.4. The minimum absolute atomic E-state index is 0.270. The molecule has 1 radical (unpaired) electrons. The third-order valence-corrected chi connectivity index (χ3v) is 2.87. The monoisotopic (exact) mass is 247 g/mol. The summed E-state index contributed by atoms with van der Waals surface area (Å²) in [5.74, 6) is -1.15. The molecule has 0 aliphatic heterocycles. The highest BCUT2D eigenvalue weighted by atomic mass is 16.1. The van der Waals surface area contributed by atoms with Gasteiger partial charge in [0.1, 0.15) is 5.92 Å². The van der Waals surface area contributed by atoms with Crippen molar-refractivity contribution in [2.75, 3.05) is 6.54 Å². The summed E-state index contributed by atoms with van der Waals surface area (Å²) < 4.78 is 0. The van der Waals surface area contributed by atoms with Crippen LogP contribution in [0.15, 0.2) is 30.3 Å². The summed E-state index contributed by atoms with van der Waals surface area (Å²) >= 11 is 0. The zero-order valence-corrected chi connectivity index (χ0v) is 10.3. The quantitative estimate of drug-likeness (QED) is 0.528. The van der Waals surface area contributed by atoms with Gasteiger partial charge in [-0.05, 0) is 24.9 Å². The molecule has 0 spiro atoms. The van der Waals surface area contributed by atoms with Crippen LogP contribution in [0.2, 0.25) is 0 Å². The molecule has 97 valence electrons. The van der Waals surface area contributed by atoms with Crippen molar-refractivity contribution in [2.45, 2.75) is 31.2 Å². The van der Waals surface area contributed by atoms with E-state index in [-0.39, 0.29) is 5.78 Å². The van der Waals surface area contributed by atoms with Crippen LogP contribution in [0.25, 0.3) is 0 Å².